The van der Waals surface area contributed by atoms with Crippen molar-refractivity contribution in [2.75, 3.05) is 0 Å². The lowest BCUT2D eigenvalue weighted by Gasteiger charge is -2.12. The smallest absolute Gasteiger partial charge is 0.387 e. The van der Waals surface area contributed by atoms with Gasteiger partial charge in [-0.25, -0.2) is 9.67 Å². The largest absolute Gasteiger partial charge is 0.433 e. The van der Waals surface area contributed by atoms with Crippen LogP contribution in [0.3, 0.4) is 0 Å². The van der Waals surface area contributed by atoms with Gasteiger partial charge in [0.25, 0.3) is 0 Å². The minimum atomic E-state index is -2.95. The summed E-state index contributed by atoms with van der Waals surface area (Å²) in [6.45, 7) is -1.58. The Kier molecular flexibility index (Phi) is 4.83. The van der Waals surface area contributed by atoms with E-state index >= 15 is 0 Å². The van der Waals surface area contributed by atoms with Crippen LogP contribution < -0.4 is 4.74 Å². The molecule has 0 bridgehead atoms. The van der Waals surface area contributed by atoms with Gasteiger partial charge < -0.3 is 4.74 Å². The van der Waals surface area contributed by atoms with Crippen molar-refractivity contribution in [3.05, 3.63) is 71.8 Å². The Morgan fingerprint density at radius 3 is 2.64 bits per heavy atom. The average Bonchev–Trinajstić information content (AvgIpc) is 3.11. The van der Waals surface area contributed by atoms with E-state index in [9.17, 15) is 13.6 Å². The van der Waals surface area contributed by atoms with Gasteiger partial charge in [-0.3, -0.25) is 4.79 Å². The first kappa shape index (κ1) is 16.8. The number of carbonyl (C=O) groups is 1. The van der Waals surface area contributed by atoms with E-state index in [1.165, 1.54) is 13.0 Å². The summed E-state index contributed by atoms with van der Waals surface area (Å²) in [4.78, 5) is 15.4. The van der Waals surface area contributed by atoms with Gasteiger partial charge in [-0.05, 0) is 29.8 Å². The number of rotatable bonds is 6. The predicted molar refractivity (Wildman–Crippen MR) is 87.2 cm³/mol. The van der Waals surface area contributed by atoms with Crippen molar-refractivity contribution in [3.63, 3.8) is 0 Å². The first-order valence-corrected chi connectivity index (χ1v) is 7.56. The Labute approximate surface area is 142 Å². The zero-order chi connectivity index (χ0) is 17.8. The summed E-state index contributed by atoms with van der Waals surface area (Å²) in [6.07, 6.45) is 5.01. The number of carbonyl (C=O) groups excluding carboxylic acids is 1. The van der Waals surface area contributed by atoms with Crippen molar-refractivity contribution in [3.8, 4) is 11.4 Å². The highest BCUT2D eigenvalue weighted by atomic mass is 19.3. The number of nitrogens with zero attached hydrogens (tertiary/aromatic N) is 3. The molecule has 0 radical (unpaired) electrons. The molecule has 0 saturated carbocycles. The molecule has 25 heavy (non-hydrogen) atoms. The lowest BCUT2D eigenvalue weighted by molar-refractivity contribution is -0.0506. The number of pyridine rings is 1. The second kappa shape index (κ2) is 7.21. The van der Waals surface area contributed by atoms with Gasteiger partial charge in [-0.2, -0.15) is 13.9 Å². The highest BCUT2D eigenvalue weighted by Crippen LogP contribution is 2.24. The molecule has 0 unspecified atom stereocenters. The monoisotopic (exact) mass is 343 g/mol. The lowest BCUT2D eigenvalue weighted by atomic mass is 10.0. The lowest BCUT2D eigenvalue weighted by Crippen LogP contribution is -2.07. The van der Waals surface area contributed by atoms with Crippen LogP contribution in [0.25, 0.3) is 5.69 Å². The number of Topliss-reactive ketones (excluding diaryl/α,β-unsaturated/α-hetero) is 1. The van der Waals surface area contributed by atoms with Crippen molar-refractivity contribution >= 4 is 5.78 Å². The van der Waals surface area contributed by atoms with Crippen molar-refractivity contribution in [2.45, 2.75) is 20.0 Å². The maximum absolute atomic E-state index is 12.6. The number of alkyl halides is 2. The van der Waals surface area contributed by atoms with Gasteiger partial charge in [0.15, 0.2) is 5.78 Å². The first-order valence-electron chi connectivity index (χ1n) is 7.56. The summed E-state index contributed by atoms with van der Waals surface area (Å²) in [7, 11) is 0. The number of hydrogen-bond donors (Lipinski definition) is 0. The maximum Gasteiger partial charge on any atom is 0.387 e. The normalized spacial score (nSPS) is 10.9. The zero-order valence-electron chi connectivity index (χ0n) is 13.4. The van der Waals surface area contributed by atoms with E-state index in [4.69, 9.17) is 0 Å². The van der Waals surface area contributed by atoms with Crippen molar-refractivity contribution in [1.82, 2.24) is 14.8 Å². The second-order valence-corrected chi connectivity index (χ2v) is 5.41. The van der Waals surface area contributed by atoms with E-state index < -0.39 is 6.61 Å². The van der Waals surface area contributed by atoms with Gasteiger partial charge in [-0.1, -0.05) is 12.1 Å². The van der Waals surface area contributed by atoms with Gasteiger partial charge in [0, 0.05) is 31.3 Å². The van der Waals surface area contributed by atoms with E-state index in [0.29, 0.717) is 12.0 Å². The third-order valence-corrected chi connectivity index (χ3v) is 3.62. The van der Waals surface area contributed by atoms with Crippen LogP contribution in [0.4, 0.5) is 8.78 Å². The van der Waals surface area contributed by atoms with Crippen LogP contribution in [-0.2, 0) is 6.42 Å². The highest BCUT2D eigenvalue weighted by Gasteiger charge is 2.14. The van der Waals surface area contributed by atoms with Crippen LogP contribution in [0, 0.1) is 0 Å². The number of halogens is 2. The fourth-order valence-electron chi connectivity index (χ4n) is 2.43. The molecular weight excluding hydrogens is 328 g/mol. The predicted octanol–water partition coefficient (Wildman–Crippen LogP) is 3.66. The molecule has 0 spiro atoms. The Morgan fingerprint density at radius 2 is 2.04 bits per heavy atom. The Hall–Kier alpha value is -3.09. The topological polar surface area (TPSA) is 57.0 Å². The van der Waals surface area contributed by atoms with Gasteiger partial charge in [0.2, 0.25) is 0 Å². The van der Waals surface area contributed by atoms with E-state index in [2.05, 4.69) is 14.8 Å². The summed E-state index contributed by atoms with van der Waals surface area (Å²) < 4.78 is 31.4. The summed E-state index contributed by atoms with van der Waals surface area (Å²) in [5.41, 5.74) is 2.46. The standard InChI is InChI=1S/C18H15F2N3O2/c1-12(24)16-10-14(17(11-21-16)25-18(19)20)9-13-3-5-15(6-4-13)23-8-2-7-22-23/h2-8,10-11,18H,9H2,1H3. The van der Waals surface area contributed by atoms with Gasteiger partial charge in [0.05, 0.1) is 11.9 Å². The number of hydrogen-bond acceptors (Lipinski definition) is 4. The Morgan fingerprint density at radius 1 is 1.28 bits per heavy atom. The zero-order valence-corrected chi connectivity index (χ0v) is 13.4. The van der Waals surface area contributed by atoms with Crippen LogP contribution in [0.5, 0.6) is 5.75 Å². The molecule has 2 heterocycles. The van der Waals surface area contributed by atoms with Crippen molar-refractivity contribution in [1.29, 1.82) is 0 Å². The quantitative estimate of drug-likeness (QED) is 0.641. The van der Waals surface area contributed by atoms with E-state index in [1.54, 1.807) is 10.9 Å². The summed E-state index contributed by atoms with van der Waals surface area (Å²) in [5, 5.41) is 4.15. The summed E-state index contributed by atoms with van der Waals surface area (Å²) in [5.74, 6) is -0.268. The molecule has 2 aromatic heterocycles. The number of benzene rings is 1. The summed E-state index contributed by atoms with van der Waals surface area (Å²) >= 11 is 0. The minimum absolute atomic E-state index is 0.0313. The van der Waals surface area contributed by atoms with Crippen LogP contribution in [0.1, 0.15) is 28.5 Å². The molecule has 0 fully saturated rings. The molecule has 3 aromatic rings. The minimum Gasteiger partial charge on any atom is -0.433 e. The molecule has 3 rings (SSSR count). The molecule has 5 nitrogen and oxygen atoms in total. The molecule has 0 N–H and O–H groups in total. The Balaban J connectivity index is 1.87. The molecule has 0 aliphatic heterocycles. The molecule has 128 valence electrons. The van der Waals surface area contributed by atoms with Crippen LogP contribution in [0.15, 0.2) is 55.0 Å². The summed E-state index contributed by atoms with van der Waals surface area (Å²) in [6, 6.07) is 10.8. The average molecular weight is 343 g/mol. The van der Waals surface area contributed by atoms with Crippen LogP contribution >= 0.6 is 0 Å². The van der Waals surface area contributed by atoms with E-state index in [1.807, 2.05) is 36.5 Å². The third kappa shape index (κ3) is 4.06. The molecular formula is C18H15F2N3O2. The molecule has 1 aromatic carbocycles. The van der Waals surface area contributed by atoms with Crippen molar-refractivity contribution < 1.29 is 18.3 Å². The maximum atomic E-state index is 12.6. The number of ether oxygens (including phenoxy) is 1. The molecule has 0 atom stereocenters. The second-order valence-electron chi connectivity index (χ2n) is 5.41. The molecule has 0 aliphatic rings. The Bertz CT molecular complexity index is 863. The molecule has 0 aliphatic carbocycles. The van der Waals surface area contributed by atoms with Crippen molar-refractivity contribution in [2.24, 2.45) is 0 Å². The molecule has 7 heteroatoms. The third-order valence-electron chi connectivity index (χ3n) is 3.62. The number of ketones is 1. The van der Waals surface area contributed by atoms with Gasteiger partial charge in [0.1, 0.15) is 11.4 Å². The number of aromatic nitrogens is 3. The highest BCUT2D eigenvalue weighted by molar-refractivity contribution is 5.92. The van der Waals surface area contributed by atoms with Crippen LogP contribution in [0.2, 0.25) is 0 Å². The van der Waals surface area contributed by atoms with E-state index in [-0.39, 0.29) is 17.2 Å². The van der Waals surface area contributed by atoms with Crippen LogP contribution in [-0.4, -0.2) is 27.2 Å². The SMILES string of the molecule is CC(=O)c1cc(Cc2ccc(-n3cccn3)cc2)c(OC(F)F)cn1. The fourth-order valence-corrected chi connectivity index (χ4v) is 2.43. The molecule has 0 amide bonds. The molecule has 0 saturated heterocycles. The first-order chi connectivity index (χ1) is 12.0. The fraction of sp³-hybridized carbons (Fsp3) is 0.167. The van der Waals surface area contributed by atoms with Gasteiger partial charge >= 0.3 is 6.61 Å². The van der Waals surface area contributed by atoms with Gasteiger partial charge in [-0.15, -0.1) is 0 Å². The van der Waals surface area contributed by atoms with E-state index in [0.717, 1.165) is 17.4 Å².